The Kier molecular flexibility index (Phi) is 3.81. The highest BCUT2D eigenvalue weighted by molar-refractivity contribution is 6.31. The van der Waals surface area contributed by atoms with Crippen LogP contribution >= 0.6 is 11.6 Å². The van der Waals surface area contributed by atoms with Crippen LogP contribution in [0.3, 0.4) is 0 Å². The van der Waals surface area contributed by atoms with Gasteiger partial charge in [0.15, 0.2) is 11.5 Å². The lowest BCUT2D eigenvalue weighted by molar-refractivity contribution is 0.352. The third-order valence-electron chi connectivity index (χ3n) is 2.25. The first-order valence-electron chi connectivity index (χ1n) is 4.42. The first-order chi connectivity index (χ1) is 7.15. The molecule has 0 radical (unpaired) electrons. The molecule has 0 aliphatic carbocycles. The van der Waals surface area contributed by atoms with Gasteiger partial charge in [-0.15, -0.1) is 0 Å². The molecule has 0 fully saturated rings. The van der Waals surface area contributed by atoms with E-state index in [1.54, 1.807) is 20.3 Å². The van der Waals surface area contributed by atoms with Gasteiger partial charge in [0, 0.05) is 16.7 Å². The summed E-state index contributed by atoms with van der Waals surface area (Å²) in [6.07, 6.45) is 0.256. The number of benzene rings is 1. The average Bonchev–Trinajstić information content (AvgIpc) is 2.24. The minimum absolute atomic E-state index is 0.256. The fourth-order valence-electron chi connectivity index (χ4n) is 1.42. The molecule has 1 aromatic rings. The van der Waals surface area contributed by atoms with E-state index in [0.29, 0.717) is 16.5 Å². The van der Waals surface area contributed by atoms with Crippen molar-refractivity contribution >= 4 is 11.6 Å². The largest absolute Gasteiger partial charge is 0.493 e. The number of halogens is 1. The van der Waals surface area contributed by atoms with E-state index in [2.05, 4.69) is 6.07 Å². The van der Waals surface area contributed by atoms with Crippen LogP contribution in [0, 0.1) is 18.3 Å². The first-order valence-corrected chi connectivity index (χ1v) is 4.80. The predicted octanol–water partition coefficient (Wildman–Crippen LogP) is 2.73. The van der Waals surface area contributed by atoms with Gasteiger partial charge in [0.1, 0.15) is 0 Å². The molecule has 4 heteroatoms. The molecule has 0 atom stereocenters. The summed E-state index contributed by atoms with van der Waals surface area (Å²) >= 11 is 6.02. The minimum Gasteiger partial charge on any atom is -0.493 e. The number of methoxy groups -OCH3 is 2. The van der Waals surface area contributed by atoms with Crippen LogP contribution in [0.5, 0.6) is 11.5 Å². The second-order valence-electron chi connectivity index (χ2n) is 3.03. The number of nitrogens with zero attached hydrogens (tertiary/aromatic N) is 1. The van der Waals surface area contributed by atoms with Crippen molar-refractivity contribution in [2.75, 3.05) is 14.2 Å². The van der Waals surface area contributed by atoms with E-state index in [-0.39, 0.29) is 6.42 Å². The van der Waals surface area contributed by atoms with E-state index < -0.39 is 0 Å². The predicted molar refractivity (Wildman–Crippen MR) is 58.6 cm³/mol. The first kappa shape index (κ1) is 11.7. The van der Waals surface area contributed by atoms with Crippen molar-refractivity contribution in [2.24, 2.45) is 0 Å². The molecule has 0 aliphatic rings. The van der Waals surface area contributed by atoms with Gasteiger partial charge in [0.2, 0.25) is 0 Å². The molecule has 0 amide bonds. The molecule has 0 aliphatic heterocycles. The Bertz CT molecular complexity index is 410. The van der Waals surface area contributed by atoms with Crippen LogP contribution in [-0.2, 0) is 6.42 Å². The zero-order chi connectivity index (χ0) is 11.4. The second kappa shape index (κ2) is 4.90. The van der Waals surface area contributed by atoms with Gasteiger partial charge < -0.3 is 9.47 Å². The fourth-order valence-corrected chi connectivity index (χ4v) is 1.63. The summed E-state index contributed by atoms with van der Waals surface area (Å²) in [4.78, 5) is 0. The highest BCUT2D eigenvalue weighted by Gasteiger charge is 2.15. The van der Waals surface area contributed by atoms with Crippen LogP contribution in [0.2, 0.25) is 5.02 Å². The van der Waals surface area contributed by atoms with Crippen LogP contribution < -0.4 is 9.47 Å². The molecule has 0 saturated heterocycles. The molecule has 0 N–H and O–H groups in total. The summed E-state index contributed by atoms with van der Waals surface area (Å²) in [6, 6.07) is 3.77. The molecule has 0 bridgehead atoms. The average molecular weight is 226 g/mol. The van der Waals surface area contributed by atoms with Crippen molar-refractivity contribution in [1.82, 2.24) is 0 Å². The lowest BCUT2D eigenvalue weighted by Crippen LogP contribution is -1.99. The van der Waals surface area contributed by atoms with Gasteiger partial charge >= 0.3 is 0 Å². The van der Waals surface area contributed by atoms with E-state index in [0.717, 1.165) is 11.1 Å². The number of hydrogen-bond acceptors (Lipinski definition) is 3. The van der Waals surface area contributed by atoms with Gasteiger partial charge in [-0.3, -0.25) is 0 Å². The van der Waals surface area contributed by atoms with Crippen LogP contribution in [-0.4, -0.2) is 14.2 Å². The third kappa shape index (κ3) is 2.16. The summed E-state index contributed by atoms with van der Waals surface area (Å²) in [5.74, 6) is 1.14. The van der Waals surface area contributed by atoms with E-state index in [1.165, 1.54) is 0 Å². The van der Waals surface area contributed by atoms with Crippen LogP contribution in [0.25, 0.3) is 0 Å². The summed E-state index contributed by atoms with van der Waals surface area (Å²) in [5, 5.41) is 9.31. The third-order valence-corrected chi connectivity index (χ3v) is 2.64. The Morgan fingerprint density at radius 1 is 1.40 bits per heavy atom. The summed E-state index contributed by atoms with van der Waals surface area (Å²) in [5.41, 5.74) is 1.64. The number of hydrogen-bond donors (Lipinski definition) is 0. The van der Waals surface area contributed by atoms with Crippen molar-refractivity contribution in [3.63, 3.8) is 0 Å². The lowest BCUT2D eigenvalue weighted by atomic mass is 10.0. The molecule has 15 heavy (non-hydrogen) atoms. The number of ether oxygens (including phenoxy) is 2. The van der Waals surface area contributed by atoms with Crippen LogP contribution in [0.15, 0.2) is 6.07 Å². The van der Waals surface area contributed by atoms with Gasteiger partial charge in [0.25, 0.3) is 0 Å². The molecule has 0 unspecified atom stereocenters. The van der Waals surface area contributed by atoms with E-state index in [9.17, 15) is 0 Å². The molecular formula is C11H12ClNO2. The van der Waals surface area contributed by atoms with Gasteiger partial charge in [-0.2, -0.15) is 5.26 Å². The quantitative estimate of drug-likeness (QED) is 0.794. The van der Waals surface area contributed by atoms with Crippen LogP contribution in [0.1, 0.15) is 11.1 Å². The van der Waals surface area contributed by atoms with Gasteiger partial charge in [0.05, 0.1) is 26.7 Å². The highest BCUT2D eigenvalue weighted by atomic mass is 35.5. The van der Waals surface area contributed by atoms with Crippen molar-refractivity contribution < 1.29 is 9.47 Å². The molecule has 0 aromatic heterocycles. The number of rotatable bonds is 3. The van der Waals surface area contributed by atoms with Crippen molar-refractivity contribution in [1.29, 1.82) is 5.26 Å². The standard InChI is InChI=1S/C11H12ClNO2/c1-7-8(4-5-13)11(15-3)10(14-2)6-9(7)12/h6H,4H2,1-3H3. The van der Waals surface area contributed by atoms with Crippen molar-refractivity contribution in [3.8, 4) is 17.6 Å². The zero-order valence-corrected chi connectivity index (χ0v) is 9.68. The molecule has 1 rings (SSSR count). The summed E-state index contributed by atoms with van der Waals surface area (Å²) in [6.45, 7) is 1.86. The normalized spacial score (nSPS) is 9.53. The lowest BCUT2D eigenvalue weighted by Gasteiger charge is -2.14. The van der Waals surface area contributed by atoms with E-state index >= 15 is 0 Å². The molecule has 80 valence electrons. The zero-order valence-electron chi connectivity index (χ0n) is 8.93. The number of nitriles is 1. The summed E-state index contributed by atoms with van der Waals surface area (Å²) in [7, 11) is 3.09. The molecular weight excluding hydrogens is 214 g/mol. The minimum atomic E-state index is 0.256. The maximum atomic E-state index is 8.73. The second-order valence-corrected chi connectivity index (χ2v) is 3.44. The molecule has 0 heterocycles. The topological polar surface area (TPSA) is 42.2 Å². The molecule has 1 aromatic carbocycles. The smallest absolute Gasteiger partial charge is 0.165 e. The Balaban J connectivity index is 3.43. The van der Waals surface area contributed by atoms with E-state index in [4.69, 9.17) is 26.3 Å². The van der Waals surface area contributed by atoms with E-state index in [1.807, 2.05) is 6.92 Å². The Morgan fingerprint density at radius 2 is 2.07 bits per heavy atom. The summed E-state index contributed by atoms with van der Waals surface area (Å²) < 4.78 is 10.4. The fraction of sp³-hybridized carbons (Fsp3) is 0.364. The van der Waals surface area contributed by atoms with Crippen LogP contribution in [0.4, 0.5) is 0 Å². The maximum absolute atomic E-state index is 8.73. The SMILES string of the molecule is COc1cc(Cl)c(C)c(CC#N)c1OC. The molecule has 0 spiro atoms. The monoisotopic (exact) mass is 225 g/mol. The van der Waals surface area contributed by atoms with Gasteiger partial charge in [-0.05, 0) is 12.5 Å². The Hall–Kier alpha value is -1.40. The Labute approximate surface area is 94.2 Å². The molecule has 3 nitrogen and oxygen atoms in total. The van der Waals surface area contributed by atoms with Gasteiger partial charge in [-0.25, -0.2) is 0 Å². The van der Waals surface area contributed by atoms with Gasteiger partial charge in [-0.1, -0.05) is 11.6 Å². The van der Waals surface area contributed by atoms with Crippen molar-refractivity contribution in [2.45, 2.75) is 13.3 Å². The molecule has 0 saturated carbocycles. The Morgan fingerprint density at radius 3 is 2.53 bits per heavy atom. The highest BCUT2D eigenvalue weighted by Crippen LogP contribution is 2.37. The maximum Gasteiger partial charge on any atom is 0.165 e. The van der Waals surface area contributed by atoms with Crippen molar-refractivity contribution in [3.05, 3.63) is 22.2 Å².